The van der Waals surface area contributed by atoms with Crippen molar-refractivity contribution in [3.8, 4) is 0 Å². The Balaban J connectivity index is 3.26. The minimum atomic E-state index is -1.47. The first kappa shape index (κ1) is 11.2. The standard InChI is InChI=1S/C7H14BN3O2S/c1-9-5-4(8(12)13)6(10-2)14-7(5)11-3/h9-13H,1-3H3. The lowest BCUT2D eigenvalue weighted by molar-refractivity contribution is 0.426. The van der Waals surface area contributed by atoms with Gasteiger partial charge in [0.05, 0.1) is 10.7 Å². The summed E-state index contributed by atoms with van der Waals surface area (Å²) in [6, 6.07) is 0. The van der Waals surface area contributed by atoms with Crippen LogP contribution in [0.4, 0.5) is 15.7 Å². The predicted molar refractivity (Wildman–Crippen MR) is 62.8 cm³/mol. The van der Waals surface area contributed by atoms with Crippen LogP contribution in [0.15, 0.2) is 0 Å². The summed E-state index contributed by atoms with van der Waals surface area (Å²) in [6.45, 7) is 0. The summed E-state index contributed by atoms with van der Waals surface area (Å²) in [5.74, 6) is 0. The molecule has 0 aromatic carbocycles. The van der Waals surface area contributed by atoms with Crippen LogP contribution in [0.2, 0.25) is 0 Å². The van der Waals surface area contributed by atoms with Crippen molar-refractivity contribution in [1.82, 2.24) is 0 Å². The SMILES string of the molecule is CNc1sc(NC)c(B(O)O)c1NC. The van der Waals surface area contributed by atoms with Gasteiger partial charge in [-0.25, -0.2) is 0 Å². The van der Waals surface area contributed by atoms with E-state index >= 15 is 0 Å². The molecule has 0 aliphatic carbocycles. The van der Waals surface area contributed by atoms with Crippen molar-refractivity contribution in [2.75, 3.05) is 37.1 Å². The van der Waals surface area contributed by atoms with Crippen molar-refractivity contribution >= 4 is 39.6 Å². The van der Waals surface area contributed by atoms with Crippen molar-refractivity contribution in [3.63, 3.8) is 0 Å². The maximum atomic E-state index is 9.21. The molecule has 78 valence electrons. The Kier molecular flexibility index (Phi) is 3.62. The van der Waals surface area contributed by atoms with Crippen LogP contribution in [0.1, 0.15) is 0 Å². The molecule has 0 aliphatic rings. The van der Waals surface area contributed by atoms with Gasteiger partial charge in [0.2, 0.25) is 0 Å². The molecule has 0 atom stereocenters. The molecule has 0 aliphatic heterocycles. The molecule has 0 spiro atoms. The van der Waals surface area contributed by atoms with E-state index in [0.29, 0.717) is 5.46 Å². The van der Waals surface area contributed by atoms with Gasteiger partial charge < -0.3 is 26.0 Å². The van der Waals surface area contributed by atoms with Gasteiger partial charge in [-0.3, -0.25) is 0 Å². The first-order valence-corrected chi connectivity index (χ1v) is 5.03. The average Bonchev–Trinajstić information content (AvgIpc) is 2.54. The molecule has 0 unspecified atom stereocenters. The lowest BCUT2D eigenvalue weighted by atomic mass is 9.80. The van der Waals surface area contributed by atoms with E-state index in [-0.39, 0.29) is 0 Å². The van der Waals surface area contributed by atoms with Crippen LogP contribution in [-0.4, -0.2) is 38.3 Å². The van der Waals surface area contributed by atoms with E-state index in [9.17, 15) is 10.0 Å². The van der Waals surface area contributed by atoms with Gasteiger partial charge in [-0.2, -0.15) is 0 Å². The topological polar surface area (TPSA) is 76.5 Å². The summed E-state index contributed by atoms with van der Waals surface area (Å²) in [5, 5.41) is 28.9. The number of hydrogen-bond acceptors (Lipinski definition) is 6. The van der Waals surface area contributed by atoms with Crippen LogP contribution in [0, 0.1) is 0 Å². The number of anilines is 3. The smallest absolute Gasteiger partial charge is 0.423 e. The minimum Gasteiger partial charge on any atom is -0.423 e. The summed E-state index contributed by atoms with van der Waals surface area (Å²) < 4.78 is 0. The lowest BCUT2D eigenvalue weighted by Crippen LogP contribution is -2.32. The molecule has 0 saturated carbocycles. The normalized spacial score (nSPS) is 9.79. The third-order valence-corrected chi connectivity index (χ3v) is 3.15. The highest BCUT2D eigenvalue weighted by atomic mass is 32.1. The second-order valence-corrected chi connectivity index (χ2v) is 3.69. The van der Waals surface area contributed by atoms with Crippen LogP contribution in [0.5, 0.6) is 0 Å². The fourth-order valence-corrected chi connectivity index (χ4v) is 2.34. The van der Waals surface area contributed by atoms with Crippen LogP contribution in [0.25, 0.3) is 0 Å². The van der Waals surface area contributed by atoms with Crippen LogP contribution >= 0.6 is 11.3 Å². The first-order valence-electron chi connectivity index (χ1n) is 4.21. The Hall–Kier alpha value is -0.915. The van der Waals surface area contributed by atoms with Gasteiger partial charge in [-0.1, -0.05) is 11.3 Å². The molecule has 1 aromatic heterocycles. The number of hydrogen-bond donors (Lipinski definition) is 5. The molecular weight excluding hydrogens is 201 g/mol. The third kappa shape index (κ3) is 1.79. The minimum absolute atomic E-state index is 0.476. The maximum Gasteiger partial charge on any atom is 0.493 e. The Morgan fingerprint density at radius 3 is 1.93 bits per heavy atom. The molecule has 0 amide bonds. The van der Waals surface area contributed by atoms with E-state index in [0.717, 1.165) is 15.7 Å². The van der Waals surface area contributed by atoms with Gasteiger partial charge in [0.1, 0.15) is 5.00 Å². The summed E-state index contributed by atoms with van der Waals surface area (Å²) in [6.07, 6.45) is 0. The number of nitrogens with one attached hydrogen (secondary N) is 3. The summed E-state index contributed by atoms with van der Waals surface area (Å²) >= 11 is 1.43. The molecule has 0 fully saturated rings. The van der Waals surface area contributed by atoms with Gasteiger partial charge in [-0.05, 0) is 0 Å². The number of rotatable bonds is 4. The van der Waals surface area contributed by atoms with Crippen molar-refractivity contribution in [2.45, 2.75) is 0 Å². The molecule has 1 rings (SSSR count). The van der Waals surface area contributed by atoms with Gasteiger partial charge in [0.25, 0.3) is 0 Å². The van der Waals surface area contributed by atoms with Crippen LogP contribution < -0.4 is 21.4 Å². The highest BCUT2D eigenvalue weighted by Gasteiger charge is 2.25. The van der Waals surface area contributed by atoms with Crippen molar-refractivity contribution in [1.29, 1.82) is 0 Å². The molecule has 5 N–H and O–H groups in total. The van der Waals surface area contributed by atoms with E-state index in [1.165, 1.54) is 11.3 Å². The monoisotopic (exact) mass is 215 g/mol. The third-order valence-electron chi connectivity index (χ3n) is 1.91. The Morgan fingerprint density at radius 2 is 1.57 bits per heavy atom. The van der Waals surface area contributed by atoms with Crippen molar-refractivity contribution in [3.05, 3.63) is 0 Å². The van der Waals surface area contributed by atoms with Crippen LogP contribution in [0.3, 0.4) is 0 Å². The molecular formula is C7H14BN3O2S. The molecule has 14 heavy (non-hydrogen) atoms. The largest absolute Gasteiger partial charge is 0.493 e. The quantitative estimate of drug-likeness (QED) is 0.440. The highest BCUT2D eigenvalue weighted by molar-refractivity contribution is 7.22. The Labute approximate surface area is 87.3 Å². The fourth-order valence-electron chi connectivity index (χ4n) is 1.30. The van der Waals surface area contributed by atoms with Gasteiger partial charge in [0, 0.05) is 26.6 Å². The average molecular weight is 215 g/mol. The predicted octanol–water partition coefficient (Wildman–Crippen LogP) is -0.447. The van der Waals surface area contributed by atoms with Crippen molar-refractivity contribution in [2.24, 2.45) is 0 Å². The van der Waals surface area contributed by atoms with E-state index in [1.807, 2.05) is 0 Å². The zero-order valence-corrected chi connectivity index (χ0v) is 9.20. The summed E-state index contributed by atoms with van der Waals surface area (Å²) in [7, 11) is 3.81. The molecule has 0 bridgehead atoms. The molecule has 0 saturated heterocycles. The Bertz CT molecular complexity index is 316. The van der Waals surface area contributed by atoms with E-state index in [1.54, 1.807) is 21.1 Å². The highest BCUT2D eigenvalue weighted by Crippen LogP contribution is 2.33. The zero-order valence-electron chi connectivity index (χ0n) is 8.38. The van der Waals surface area contributed by atoms with E-state index in [2.05, 4.69) is 16.0 Å². The number of thiophene rings is 1. The van der Waals surface area contributed by atoms with Gasteiger partial charge in [0.15, 0.2) is 0 Å². The summed E-state index contributed by atoms with van der Waals surface area (Å²) in [4.78, 5) is 0. The van der Waals surface area contributed by atoms with Crippen LogP contribution in [-0.2, 0) is 0 Å². The lowest BCUT2D eigenvalue weighted by Gasteiger charge is -2.06. The molecule has 1 aromatic rings. The van der Waals surface area contributed by atoms with E-state index < -0.39 is 7.12 Å². The molecule has 1 heterocycles. The first-order chi connectivity index (χ1) is 6.65. The fraction of sp³-hybridized carbons (Fsp3) is 0.429. The molecule has 5 nitrogen and oxygen atoms in total. The maximum absolute atomic E-state index is 9.21. The second-order valence-electron chi connectivity index (χ2n) is 2.67. The van der Waals surface area contributed by atoms with Gasteiger partial charge in [-0.15, -0.1) is 0 Å². The van der Waals surface area contributed by atoms with Gasteiger partial charge >= 0.3 is 7.12 Å². The summed E-state index contributed by atoms with van der Waals surface area (Å²) in [5.41, 5.74) is 1.20. The van der Waals surface area contributed by atoms with Crippen molar-refractivity contribution < 1.29 is 10.0 Å². The molecule has 0 radical (unpaired) electrons. The Morgan fingerprint density at radius 1 is 1.00 bits per heavy atom. The molecule has 7 heteroatoms. The van der Waals surface area contributed by atoms with E-state index in [4.69, 9.17) is 0 Å². The zero-order chi connectivity index (χ0) is 10.7. The second kappa shape index (κ2) is 4.54.